The molecule has 0 bridgehead atoms. The molecular weight excluding hydrogens is 374 g/mol. The first-order chi connectivity index (χ1) is 14.9. The van der Waals surface area contributed by atoms with Crippen LogP contribution in [0.2, 0.25) is 0 Å². The van der Waals surface area contributed by atoms with E-state index >= 15 is 0 Å². The Morgan fingerprint density at radius 1 is 0.933 bits per heavy atom. The third kappa shape index (κ3) is 2.86. The third-order valence-electron chi connectivity index (χ3n) is 5.91. The fourth-order valence-corrected chi connectivity index (χ4v) is 4.35. The minimum Gasteiger partial charge on any atom is -0.338 e. The van der Waals surface area contributed by atoms with Gasteiger partial charge < -0.3 is 10.3 Å². The SMILES string of the molecule is c1ccc(-c2ccnc3[nH]c(-c4n[nH]c5ccc(C6CCNCC6)nc45)cc23)nc1. The fraction of sp³-hybridized carbons (Fsp3) is 0.217. The number of piperidine rings is 1. The van der Waals surface area contributed by atoms with Crippen LogP contribution < -0.4 is 5.32 Å². The number of nitrogens with one attached hydrogen (secondary N) is 3. The van der Waals surface area contributed by atoms with Crippen molar-refractivity contribution < 1.29 is 0 Å². The standard InChI is InChI=1S/C23H21N7/c1-2-9-25-18(3-1)15-8-12-26-23-16(15)13-20(28-23)22-21-19(29-30-22)5-4-17(27-21)14-6-10-24-11-7-14/h1-5,8-9,12-14,24H,6-7,10-11H2,(H,26,28)(H,29,30). The van der Waals surface area contributed by atoms with E-state index in [-0.39, 0.29) is 0 Å². The van der Waals surface area contributed by atoms with E-state index in [2.05, 4.69) is 48.7 Å². The number of fused-ring (bicyclic) bond motifs is 2. The number of aromatic amines is 2. The van der Waals surface area contributed by atoms with Crippen molar-refractivity contribution in [2.45, 2.75) is 18.8 Å². The van der Waals surface area contributed by atoms with Gasteiger partial charge in [0.1, 0.15) is 16.9 Å². The highest BCUT2D eigenvalue weighted by molar-refractivity contribution is 5.98. The molecule has 6 rings (SSSR count). The van der Waals surface area contributed by atoms with E-state index in [1.54, 1.807) is 0 Å². The summed E-state index contributed by atoms with van der Waals surface area (Å²) < 4.78 is 0. The summed E-state index contributed by atoms with van der Waals surface area (Å²) in [6.45, 7) is 2.10. The van der Waals surface area contributed by atoms with Crippen LogP contribution in [0.25, 0.3) is 44.7 Å². The average Bonchev–Trinajstić information content (AvgIpc) is 3.43. The molecule has 5 aromatic rings. The minimum absolute atomic E-state index is 0.499. The lowest BCUT2D eigenvalue weighted by Gasteiger charge is -2.22. The highest BCUT2D eigenvalue weighted by atomic mass is 15.1. The van der Waals surface area contributed by atoms with Crippen LogP contribution in [0, 0.1) is 0 Å². The molecule has 30 heavy (non-hydrogen) atoms. The van der Waals surface area contributed by atoms with Gasteiger partial charge in [-0.25, -0.2) is 9.97 Å². The zero-order chi connectivity index (χ0) is 19.9. The zero-order valence-electron chi connectivity index (χ0n) is 16.4. The summed E-state index contributed by atoms with van der Waals surface area (Å²) in [6, 6.07) is 14.3. The Kier molecular flexibility index (Phi) is 4.06. The lowest BCUT2D eigenvalue weighted by atomic mass is 9.94. The molecule has 1 fully saturated rings. The van der Waals surface area contributed by atoms with Gasteiger partial charge in [-0.1, -0.05) is 6.07 Å². The van der Waals surface area contributed by atoms with E-state index in [1.807, 2.05) is 36.7 Å². The average molecular weight is 395 g/mol. The lowest BCUT2D eigenvalue weighted by Crippen LogP contribution is -2.27. The van der Waals surface area contributed by atoms with Crippen LogP contribution in [0.3, 0.4) is 0 Å². The van der Waals surface area contributed by atoms with Gasteiger partial charge in [0.25, 0.3) is 0 Å². The number of rotatable bonds is 3. The van der Waals surface area contributed by atoms with Crippen LogP contribution in [0.15, 0.2) is 54.9 Å². The van der Waals surface area contributed by atoms with Gasteiger partial charge in [-0.05, 0) is 62.3 Å². The Balaban J connectivity index is 1.47. The molecule has 0 spiro atoms. The molecule has 0 aliphatic carbocycles. The van der Waals surface area contributed by atoms with E-state index in [9.17, 15) is 0 Å². The molecule has 0 amide bonds. The third-order valence-corrected chi connectivity index (χ3v) is 5.91. The first-order valence-corrected chi connectivity index (χ1v) is 10.3. The van der Waals surface area contributed by atoms with Gasteiger partial charge in [-0.15, -0.1) is 0 Å². The van der Waals surface area contributed by atoms with Gasteiger partial charge in [0, 0.05) is 35.0 Å². The summed E-state index contributed by atoms with van der Waals surface area (Å²) in [6.07, 6.45) is 5.86. The van der Waals surface area contributed by atoms with E-state index < -0.39 is 0 Å². The maximum absolute atomic E-state index is 5.01. The molecule has 7 heteroatoms. The first-order valence-electron chi connectivity index (χ1n) is 10.3. The van der Waals surface area contributed by atoms with Crippen LogP contribution in [0.1, 0.15) is 24.5 Å². The van der Waals surface area contributed by atoms with Crippen LogP contribution in [-0.2, 0) is 0 Å². The molecule has 148 valence electrons. The van der Waals surface area contributed by atoms with E-state index in [0.717, 1.165) is 76.3 Å². The number of hydrogen-bond acceptors (Lipinski definition) is 5. The zero-order valence-corrected chi connectivity index (χ0v) is 16.4. The Hall–Kier alpha value is -3.58. The second-order valence-electron chi connectivity index (χ2n) is 7.75. The molecule has 1 aliphatic heterocycles. The van der Waals surface area contributed by atoms with Gasteiger partial charge in [-0.3, -0.25) is 10.1 Å². The van der Waals surface area contributed by atoms with Crippen LogP contribution in [0.4, 0.5) is 0 Å². The minimum atomic E-state index is 0.499. The lowest BCUT2D eigenvalue weighted by molar-refractivity contribution is 0.454. The summed E-state index contributed by atoms with van der Waals surface area (Å²) in [5.41, 5.74) is 7.51. The highest BCUT2D eigenvalue weighted by Gasteiger charge is 2.20. The summed E-state index contributed by atoms with van der Waals surface area (Å²) >= 11 is 0. The Labute approximate surface area is 173 Å². The number of H-pyrrole nitrogens is 2. The van der Waals surface area contributed by atoms with E-state index in [0.29, 0.717) is 5.92 Å². The van der Waals surface area contributed by atoms with Gasteiger partial charge >= 0.3 is 0 Å². The normalized spacial score (nSPS) is 15.2. The molecule has 7 nitrogen and oxygen atoms in total. The summed E-state index contributed by atoms with van der Waals surface area (Å²) in [4.78, 5) is 17.5. The Morgan fingerprint density at radius 2 is 1.87 bits per heavy atom. The summed E-state index contributed by atoms with van der Waals surface area (Å²) in [5, 5.41) is 12.2. The molecule has 3 N–H and O–H groups in total. The van der Waals surface area contributed by atoms with Crippen molar-refractivity contribution >= 4 is 22.1 Å². The highest BCUT2D eigenvalue weighted by Crippen LogP contribution is 2.33. The molecular formula is C23H21N7. The molecule has 1 saturated heterocycles. The number of pyridine rings is 3. The number of aromatic nitrogens is 6. The van der Waals surface area contributed by atoms with Gasteiger partial charge in [0.05, 0.1) is 16.9 Å². The number of nitrogens with zero attached hydrogens (tertiary/aromatic N) is 4. The van der Waals surface area contributed by atoms with Crippen molar-refractivity contribution in [2.75, 3.05) is 13.1 Å². The van der Waals surface area contributed by atoms with Gasteiger partial charge in [0.2, 0.25) is 0 Å². The molecule has 6 heterocycles. The summed E-state index contributed by atoms with van der Waals surface area (Å²) in [7, 11) is 0. The van der Waals surface area contributed by atoms with Crippen molar-refractivity contribution in [3.8, 4) is 22.6 Å². The maximum atomic E-state index is 5.01. The quantitative estimate of drug-likeness (QED) is 0.429. The molecule has 1 aliphatic rings. The molecule has 0 radical (unpaired) electrons. The van der Waals surface area contributed by atoms with Crippen molar-refractivity contribution in [1.82, 2.24) is 35.5 Å². The summed E-state index contributed by atoms with van der Waals surface area (Å²) in [5.74, 6) is 0.499. The predicted molar refractivity (Wildman–Crippen MR) is 117 cm³/mol. The molecule has 0 aromatic carbocycles. The molecule has 0 atom stereocenters. The maximum Gasteiger partial charge on any atom is 0.138 e. The van der Waals surface area contributed by atoms with E-state index in [4.69, 9.17) is 4.98 Å². The number of hydrogen-bond donors (Lipinski definition) is 3. The second kappa shape index (κ2) is 7.03. The smallest absolute Gasteiger partial charge is 0.138 e. The van der Waals surface area contributed by atoms with Crippen molar-refractivity contribution in [2.24, 2.45) is 0 Å². The predicted octanol–water partition coefficient (Wildman–Crippen LogP) is 4.03. The van der Waals surface area contributed by atoms with Crippen LogP contribution >= 0.6 is 0 Å². The van der Waals surface area contributed by atoms with Gasteiger partial charge in [0.15, 0.2) is 0 Å². The largest absolute Gasteiger partial charge is 0.338 e. The van der Waals surface area contributed by atoms with Crippen LogP contribution in [0.5, 0.6) is 0 Å². The molecule has 5 aromatic heterocycles. The topological polar surface area (TPSA) is 95.2 Å². The van der Waals surface area contributed by atoms with Gasteiger partial charge in [-0.2, -0.15) is 5.10 Å². The molecule has 0 unspecified atom stereocenters. The fourth-order valence-electron chi connectivity index (χ4n) is 4.35. The Morgan fingerprint density at radius 3 is 2.73 bits per heavy atom. The second-order valence-corrected chi connectivity index (χ2v) is 7.75. The van der Waals surface area contributed by atoms with Crippen molar-refractivity contribution in [3.63, 3.8) is 0 Å². The van der Waals surface area contributed by atoms with Crippen molar-refractivity contribution in [3.05, 3.63) is 60.6 Å². The van der Waals surface area contributed by atoms with Crippen molar-refractivity contribution in [1.29, 1.82) is 0 Å². The first kappa shape index (κ1) is 17.3. The van der Waals surface area contributed by atoms with Crippen LogP contribution in [-0.4, -0.2) is 43.2 Å². The van der Waals surface area contributed by atoms with E-state index in [1.165, 1.54) is 0 Å². The Bertz CT molecular complexity index is 1330. The monoisotopic (exact) mass is 395 g/mol. The molecule has 0 saturated carbocycles.